The smallest absolute Gasteiger partial charge is 0.199 e. The van der Waals surface area contributed by atoms with Crippen molar-refractivity contribution in [3.63, 3.8) is 0 Å². The maximum atomic E-state index is 11.8. The lowest BCUT2D eigenvalue weighted by Crippen LogP contribution is -2.17. The third-order valence-corrected chi connectivity index (χ3v) is 5.28. The second kappa shape index (κ2) is 5.92. The van der Waals surface area contributed by atoms with Crippen molar-refractivity contribution in [2.75, 3.05) is 0 Å². The van der Waals surface area contributed by atoms with Crippen LogP contribution in [-0.2, 0) is 10.0 Å². The Morgan fingerprint density at radius 2 is 2.05 bits per heavy atom. The number of thiophene rings is 1. The summed E-state index contributed by atoms with van der Waals surface area (Å²) in [5, 5.41) is 6.25. The Bertz CT molecular complexity index is 697. The zero-order valence-electron chi connectivity index (χ0n) is 9.38. The maximum Gasteiger partial charge on any atom is 0.286 e. The first-order valence-electron chi connectivity index (χ1n) is 5.02. The minimum Gasteiger partial charge on any atom is -0.199 e. The quantitative estimate of drug-likeness (QED) is 0.688. The van der Waals surface area contributed by atoms with Crippen LogP contribution in [0.15, 0.2) is 45.0 Å². The van der Waals surface area contributed by atoms with Crippen LogP contribution in [0.5, 0.6) is 0 Å². The first kappa shape index (κ1) is 14.3. The van der Waals surface area contributed by atoms with Crippen molar-refractivity contribution in [2.45, 2.75) is 4.21 Å². The van der Waals surface area contributed by atoms with E-state index in [4.69, 9.17) is 23.2 Å². The van der Waals surface area contributed by atoms with Gasteiger partial charge in [-0.1, -0.05) is 35.3 Å². The molecule has 0 atom stereocenters. The number of nitrogens with zero attached hydrogens (tertiary/aromatic N) is 1. The normalized spacial score (nSPS) is 11.9. The third kappa shape index (κ3) is 3.70. The second-order valence-electron chi connectivity index (χ2n) is 3.45. The molecule has 100 valence electrons. The van der Waals surface area contributed by atoms with Crippen LogP contribution in [0.25, 0.3) is 0 Å². The van der Waals surface area contributed by atoms with Crippen LogP contribution in [0.3, 0.4) is 0 Å². The van der Waals surface area contributed by atoms with Gasteiger partial charge in [-0.2, -0.15) is 18.4 Å². The van der Waals surface area contributed by atoms with Gasteiger partial charge in [-0.05, 0) is 23.6 Å². The van der Waals surface area contributed by atoms with Crippen LogP contribution in [0.1, 0.15) is 5.56 Å². The molecule has 0 fully saturated rings. The van der Waals surface area contributed by atoms with Gasteiger partial charge in [-0.3, -0.25) is 0 Å². The monoisotopic (exact) mass is 334 g/mol. The summed E-state index contributed by atoms with van der Waals surface area (Å²) in [6.45, 7) is 0. The lowest BCUT2D eigenvalue weighted by atomic mass is 10.2. The molecule has 2 rings (SSSR count). The Labute approximate surface area is 124 Å². The highest BCUT2D eigenvalue weighted by Gasteiger charge is 2.13. The van der Waals surface area contributed by atoms with Gasteiger partial charge in [0.1, 0.15) is 4.21 Å². The van der Waals surface area contributed by atoms with E-state index in [1.54, 1.807) is 29.6 Å². The van der Waals surface area contributed by atoms with Gasteiger partial charge in [0, 0.05) is 10.6 Å². The van der Waals surface area contributed by atoms with E-state index in [0.717, 1.165) is 11.3 Å². The maximum absolute atomic E-state index is 11.8. The Kier molecular flexibility index (Phi) is 4.46. The summed E-state index contributed by atoms with van der Waals surface area (Å²) in [7, 11) is -3.61. The first-order valence-corrected chi connectivity index (χ1v) is 8.14. The van der Waals surface area contributed by atoms with E-state index in [1.165, 1.54) is 12.3 Å². The zero-order chi connectivity index (χ0) is 13.9. The fraction of sp³-hybridized carbons (Fsp3) is 0. The Morgan fingerprint density at radius 1 is 1.26 bits per heavy atom. The topological polar surface area (TPSA) is 58.5 Å². The molecule has 0 aliphatic rings. The van der Waals surface area contributed by atoms with E-state index in [1.807, 2.05) is 0 Å². The predicted octanol–water partition coefficient (Wildman–Crippen LogP) is 3.37. The summed E-state index contributed by atoms with van der Waals surface area (Å²) in [4.78, 5) is 2.11. The Morgan fingerprint density at radius 3 is 2.68 bits per heavy atom. The van der Waals surface area contributed by atoms with Gasteiger partial charge in [0.05, 0.1) is 11.2 Å². The standard InChI is InChI=1S/C11H8Cl2N2O2S2/c12-9-4-3-8(10(13)6-9)7-14-15-19(16,17)11-2-1-5-18-11/h1-7,15H/b14-7+. The average Bonchev–Trinajstić information content (AvgIpc) is 2.86. The van der Waals surface area contributed by atoms with Gasteiger partial charge in [-0.15, -0.1) is 11.3 Å². The highest BCUT2D eigenvalue weighted by molar-refractivity contribution is 7.91. The lowest BCUT2D eigenvalue weighted by molar-refractivity contribution is 0.587. The van der Waals surface area contributed by atoms with Crippen LogP contribution in [0, 0.1) is 0 Å². The summed E-state index contributed by atoms with van der Waals surface area (Å²) < 4.78 is 23.7. The molecule has 4 nitrogen and oxygen atoms in total. The highest BCUT2D eigenvalue weighted by atomic mass is 35.5. The van der Waals surface area contributed by atoms with E-state index in [9.17, 15) is 8.42 Å². The van der Waals surface area contributed by atoms with E-state index < -0.39 is 10.0 Å². The molecule has 2 aromatic rings. The Hall–Kier alpha value is -1.08. The van der Waals surface area contributed by atoms with Crippen LogP contribution in [-0.4, -0.2) is 14.6 Å². The molecule has 1 aromatic carbocycles. The van der Waals surface area contributed by atoms with Crippen LogP contribution < -0.4 is 4.83 Å². The molecule has 0 saturated heterocycles. The van der Waals surface area contributed by atoms with Crippen molar-refractivity contribution in [1.82, 2.24) is 4.83 Å². The molecule has 0 aliphatic carbocycles. The summed E-state index contributed by atoms with van der Waals surface area (Å²) in [6, 6.07) is 7.99. The molecule has 1 aromatic heterocycles. The number of benzene rings is 1. The molecule has 0 bridgehead atoms. The molecule has 19 heavy (non-hydrogen) atoms. The van der Waals surface area contributed by atoms with E-state index in [0.29, 0.717) is 15.6 Å². The summed E-state index contributed by atoms with van der Waals surface area (Å²) in [5.74, 6) is 0. The Balaban J connectivity index is 2.12. The SMILES string of the molecule is O=S(=O)(N/N=C/c1ccc(Cl)cc1Cl)c1cccs1. The van der Waals surface area contributed by atoms with Gasteiger partial charge in [0.2, 0.25) is 0 Å². The van der Waals surface area contributed by atoms with E-state index in [2.05, 4.69) is 9.93 Å². The van der Waals surface area contributed by atoms with Crippen molar-refractivity contribution >= 4 is 50.8 Å². The number of halogens is 2. The number of rotatable bonds is 4. The average molecular weight is 335 g/mol. The molecular formula is C11H8Cl2N2O2S2. The molecule has 0 aliphatic heterocycles. The van der Waals surface area contributed by atoms with E-state index in [-0.39, 0.29) is 4.21 Å². The molecule has 1 N–H and O–H groups in total. The number of nitrogens with one attached hydrogen (secondary N) is 1. The van der Waals surface area contributed by atoms with Crippen LogP contribution >= 0.6 is 34.5 Å². The van der Waals surface area contributed by atoms with Gasteiger partial charge in [0.25, 0.3) is 10.0 Å². The van der Waals surface area contributed by atoms with Gasteiger partial charge < -0.3 is 0 Å². The molecule has 0 unspecified atom stereocenters. The summed E-state index contributed by atoms with van der Waals surface area (Å²) >= 11 is 12.8. The third-order valence-electron chi connectivity index (χ3n) is 2.10. The van der Waals surface area contributed by atoms with Crippen molar-refractivity contribution in [3.05, 3.63) is 51.3 Å². The fourth-order valence-corrected chi connectivity index (χ4v) is 3.46. The number of sulfonamides is 1. The first-order chi connectivity index (χ1) is 8.99. The molecule has 0 spiro atoms. The van der Waals surface area contributed by atoms with Crippen molar-refractivity contribution in [3.8, 4) is 0 Å². The minimum absolute atomic E-state index is 0.201. The lowest BCUT2D eigenvalue weighted by Gasteiger charge is -2.00. The number of hydrazone groups is 1. The van der Waals surface area contributed by atoms with Crippen LogP contribution in [0.2, 0.25) is 10.0 Å². The van der Waals surface area contributed by atoms with Crippen molar-refractivity contribution in [2.24, 2.45) is 5.10 Å². The zero-order valence-corrected chi connectivity index (χ0v) is 12.5. The van der Waals surface area contributed by atoms with Crippen molar-refractivity contribution < 1.29 is 8.42 Å². The van der Waals surface area contributed by atoms with E-state index >= 15 is 0 Å². The highest BCUT2D eigenvalue weighted by Crippen LogP contribution is 2.19. The minimum atomic E-state index is -3.61. The fourth-order valence-electron chi connectivity index (χ4n) is 1.23. The molecule has 8 heteroatoms. The molecule has 0 radical (unpaired) electrons. The molecular weight excluding hydrogens is 327 g/mol. The van der Waals surface area contributed by atoms with Gasteiger partial charge in [0.15, 0.2) is 0 Å². The summed E-state index contributed by atoms with van der Waals surface area (Å²) in [6.07, 6.45) is 1.32. The van der Waals surface area contributed by atoms with Gasteiger partial charge in [-0.25, -0.2) is 0 Å². The van der Waals surface area contributed by atoms with Crippen molar-refractivity contribution in [1.29, 1.82) is 0 Å². The van der Waals surface area contributed by atoms with Crippen LogP contribution in [0.4, 0.5) is 0 Å². The summed E-state index contributed by atoms with van der Waals surface area (Å²) in [5.41, 5.74) is 0.569. The molecule has 0 amide bonds. The molecule has 0 saturated carbocycles. The number of hydrogen-bond acceptors (Lipinski definition) is 4. The number of hydrogen-bond donors (Lipinski definition) is 1. The van der Waals surface area contributed by atoms with Gasteiger partial charge >= 0.3 is 0 Å². The molecule has 1 heterocycles. The largest absolute Gasteiger partial charge is 0.286 e. The predicted molar refractivity (Wildman–Crippen MR) is 78.7 cm³/mol. The second-order valence-corrected chi connectivity index (χ2v) is 7.13.